The zero-order chi connectivity index (χ0) is 20.8. The summed E-state index contributed by atoms with van der Waals surface area (Å²) in [6, 6.07) is 18.6. The molecule has 150 valence electrons. The van der Waals surface area contributed by atoms with Gasteiger partial charge in [-0.1, -0.05) is 54.6 Å². The fourth-order valence-corrected chi connectivity index (χ4v) is 3.02. The molecule has 0 atom stereocenters. The summed E-state index contributed by atoms with van der Waals surface area (Å²) in [4.78, 5) is 19.1. The number of H-pyrrole nitrogens is 1. The number of hydrazone groups is 1. The van der Waals surface area contributed by atoms with Gasteiger partial charge in [0.15, 0.2) is 6.29 Å². The summed E-state index contributed by atoms with van der Waals surface area (Å²) >= 11 is 0. The predicted molar refractivity (Wildman–Crippen MR) is 112 cm³/mol. The van der Waals surface area contributed by atoms with Gasteiger partial charge in [-0.2, -0.15) is 10.4 Å². The van der Waals surface area contributed by atoms with Crippen molar-refractivity contribution in [3.8, 4) is 17.3 Å². The molecule has 8 heteroatoms. The van der Waals surface area contributed by atoms with Crippen molar-refractivity contribution in [1.82, 2.24) is 9.97 Å². The highest BCUT2D eigenvalue weighted by Gasteiger charge is 2.16. The number of aromatic amines is 1. The van der Waals surface area contributed by atoms with E-state index < -0.39 is 5.56 Å². The number of ether oxygens (including phenoxy) is 2. The molecule has 1 aromatic heterocycles. The monoisotopic (exact) mass is 401 g/mol. The van der Waals surface area contributed by atoms with Crippen molar-refractivity contribution in [1.29, 1.82) is 5.26 Å². The van der Waals surface area contributed by atoms with Gasteiger partial charge in [-0.25, -0.2) is 10.4 Å². The van der Waals surface area contributed by atoms with Crippen molar-refractivity contribution >= 4 is 12.2 Å². The summed E-state index contributed by atoms with van der Waals surface area (Å²) in [5.74, 6) is 0.148. The van der Waals surface area contributed by atoms with E-state index in [1.165, 1.54) is 0 Å². The van der Waals surface area contributed by atoms with Gasteiger partial charge >= 0.3 is 0 Å². The lowest BCUT2D eigenvalue weighted by Gasteiger charge is -2.23. The first kappa shape index (κ1) is 19.5. The highest BCUT2D eigenvalue weighted by molar-refractivity contribution is 5.80. The molecule has 0 spiro atoms. The van der Waals surface area contributed by atoms with Crippen LogP contribution in [0.1, 0.15) is 29.4 Å². The van der Waals surface area contributed by atoms with E-state index >= 15 is 0 Å². The van der Waals surface area contributed by atoms with Crippen LogP contribution in [0.3, 0.4) is 0 Å². The summed E-state index contributed by atoms with van der Waals surface area (Å²) in [5.41, 5.74) is 4.92. The quantitative estimate of drug-likeness (QED) is 0.502. The summed E-state index contributed by atoms with van der Waals surface area (Å²) in [6.07, 6.45) is 2.18. The van der Waals surface area contributed by atoms with Crippen molar-refractivity contribution < 1.29 is 9.47 Å². The molecule has 0 amide bonds. The van der Waals surface area contributed by atoms with E-state index in [-0.39, 0.29) is 17.8 Å². The van der Waals surface area contributed by atoms with E-state index in [1.807, 2.05) is 48.5 Å². The van der Waals surface area contributed by atoms with Crippen LogP contribution in [0.4, 0.5) is 5.95 Å². The topological polar surface area (TPSA) is 112 Å². The maximum atomic E-state index is 12.3. The minimum atomic E-state index is -0.527. The SMILES string of the molecule is N#Cc1c(-c2ccccc2)nc(NN=Cc2ccc(C3OCCCO3)cc2)[nH]c1=O. The Hall–Kier alpha value is -3.80. The van der Waals surface area contributed by atoms with Crippen LogP contribution in [0.25, 0.3) is 11.3 Å². The zero-order valence-electron chi connectivity index (χ0n) is 16.0. The van der Waals surface area contributed by atoms with E-state index in [0.717, 1.165) is 17.5 Å². The van der Waals surface area contributed by atoms with E-state index in [4.69, 9.17) is 9.47 Å². The molecular weight excluding hydrogens is 382 g/mol. The maximum Gasteiger partial charge on any atom is 0.270 e. The Morgan fingerprint density at radius 3 is 2.57 bits per heavy atom. The molecule has 30 heavy (non-hydrogen) atoms. The third-order valence-electron chi connectivity index (χ3n) is 4.50. The van der Waals surface area contributed by atoms with Crippen molar-refractivity contribution in [2.45, 2.75) is 12.7 Å². The van der Waals surface area contributed by atoms with Gasteiger partial charge in [-0.3, -0.25) is 9.78 Å². The Balaban J connectivity index is 1.49. The number of nitrogens with zero attached hydrogens (tertiary/aromatic N) is 3. The molecule has 2 aromatic carbocycles. The largest absolute Gasteiger partial charge is 0.348 e. The lowest BCUT2D eigenvalue weighted by molar-refractivity contribution is -0.183. The second-order valence-corrected chi connectivity index (χ2v) is 6.58. The van der Waals surface area contributed by atoms with Crippen LogP contribution >= 0.6 is 0 Å². The fraction of sp³-hybridized carbons (Fsp3) is 0.182. The fourth-order valence-electron chi connectivity index (χ4n) is 3.02. The highest BCUT2D eigenvalue weighted by atomic mass is 16.7. The van der Waals surface area contributed by atoms with Crippen molar-refractivity contribution in [2.75, 3.05) is 18.6 Å². The lowest BCUT2D eigenvalue weighted by atomic mass is 10.1. The molecule has 8 nitrogen and oxygen atoms in total. The predicted octanol–water partition coefficient (Wildman–Crippen LogP) is 3.19. The third kappa shape index (κ3) is 4.43. The molecule has 0 aliphatic carbocycles. The molecule has 0 bridgehead atoms. The molecule has 1 aliphatic heterocycles. The minimum absolute atomic E-state index is 0.0431. The van der Waals surface area contributed by atoms with E-state index in [0.29, 0.717) is 24.5 Å². The van der Waals surface area contributed by atoms with Crippen LogP contribution in [-0.2, 0) is 9.47 Å². The molecule has 0 unspecified atom stereocenters. The maximum absolute atomic E-state index is 12.3. The summed E-state index contributed by atoms with van der Waals surface area (Å²) in [5, 5.41) is 13.4. The highest BCUT2D eigenvalue weighted by Crippen LogP contribution is 2.23. The molecule has 1 fully saturated rings. The minimum Gasteiger partial charge on any atom is -0.348 e. The first-order valence-electron chi connectivity index (χ1n) is 9.46. The van der Waals surface area contributed by atoms with E-state index in [1.54, 1.807) is 18.3 Å². The van der Waals surface area contributed by atoms with Gasteiger partial charge in [0, 0.05) is 11.1 Å². The molecule has 0 radical (unpaired) electrons. The molecule has 1 aliphatic rings. The average molecular weight is 401 g/mol. The Morgan fingerprint density at radius 2 is 1.87 bits per heavy atom. The van der Waals surface area contributed by atoms with E-state index in [9.17, 15) is 10.1 Å². The standard InChI is InChI=1S/C22H19N5O3/c23-13-18-19(16-5-2-1-3-6-16)25-22(26-20(18)28)27-24-14-15-7-9-17(10-8-15)21-29-11-4-12-30-21/h1-3,5-10,14,21H,4,11-12H2,(H2,25,26,27,28). The number of aromatic nitrogens is 2. The second-order valence-electron chi connectivity index (χ2n) is 6.58. The molecule has 3 aromatic rings. The number of benzene rings is 2. The van der Waals surface area contributed by atoms with Gasteiger partial charge in [-0.15, -0.1) is 0 Å². The van der Waals surface area contributed by atoms with Crippen LogP contribution in [-0.4, -0.2) is 29.4 Å². The van der Waals surface area contributed by atoms with Crippen LogP contribution in [0.5, 0.6) is 0 Å². The first-order chi connectivity index (χ1) is 14.7. The van der Waals surface area contributed by atoms with Gasteiger partial charge in [0.2, 0.25) is 5.95 Å². The van der Waals surface area contributed by atoms with Crippen LogP contribution < -0.4 is 11.0 Å². The molecule has 4 rings (SSSR count). The third-order valence-corrected chi connectivity index (χ3v) is 4.50. The lowest BCUT2D eigenvalue weighted by Crippen LogP contribution is -2.17. The van der Waals surface area contributed by atoms with Gasteiger partial charge in [0.25, 0.3) is 5.56 Å². The number of hydrogen-bond donors (Lipinski definition) is 2. The van der Waals surface area contributed by atoms with Crippen molar-refractivity contribution in [3.63, 3.8) is 0 Å². The number of rotatable bonds is 5. The summed E-state index contributed by atoms with van der Waals surface area (Å²) in [6.45, 7) is 1.39. The van der Waals surface area contributed by atoms with Gasteiger partial charge < -0.3 is 9.47 Å². The van der Waals surface area contributed by atoms with Gasteiger partial charge in [0.05, 0.1) is 25.1 Å². The Bertz CT molecular complexity index is 1130. The second kappa shape index (κ2) is 9.13. The van der Waals surface area contributed by atoms with E-state index in [2.05, 4.69) is 20.5 Å². The number of hydrogen-bond acceptors (Lipinski definition) is 7. The summed E-state index contributed by atoms with van der Waals surface area (Å²) < 4.78 is 11.2. The molecule has 0 saturated carbocycles. The van der Waals surface area contributed by atoms with Crippen LogP contribution in [0, 0.1) is 11.3 Å². The van der Waals surface area contributed by atoms with Gasteiger partial charge in [0.1, 0.15) is 11.6 Å². The van der Waals surface area contributed by atoms with Crippen molar-refractivity contribution in [2.24, 2.45) is 5.10 Å². The molecule has 2 heterocycles. The zero-order valence-corrected chi connectivity index (χ0v) is 16.0. The Kier molecular flexibility index (Phi) is 5.94. The molecule has 2 N–H and O–H groups in total. The number of anilines is 1. The number of nitrogens with one attached hydrogen (secondary N) is 2. The normalized spacial score (nSPS) is 14.5. The molecular formula is C22H19N5O3. The first-order valence-corrected chi connectivity index (χ1v) is 9.46. The summed E-state index contributed by atoms with van der Waals surface area (Å²) in [7, 11) is 0. The Labute approximate surface area is 172 Å². The van der Waals surface area contributed by atoms with Crippen LogP contribution in [0.2, 0.25) is 0 Å². The number of nitriles is 1. The average Bonchev–Trinajstić information content (AvgIpc) is 2.80. The Morgan fingerprint density at radius 1 is 1.13 bits per heavy atom. The molecule has 1 saturated heterocycles. The van der Waals surface area contributed by atoms with Crippen LogP contribution in [0.15, 0.2) is 64.5 Å². The van der Waals surface area contributed by atoms with Gasteiger partial charge in [-0.05, 0) is 12.0 Å². The smallest absolute Gasteiger partial charge is 0.270 e. The van der Waals surface area contributed by atoms with Crippen molar-refractivity contribution in [3.05, 3.63) is 81.6 Å².